The molecule has 0 aliphatic heterocycles. The first-order valence-electron chi connectivity index (χ1n) is 6.12. The summed E-state index contributed by atoms with van der Waals surface area (Å²) < 4.78 is 2.51. The summed E-state index contributed by atoms with van der Waals surface area (Å²) in [5.41, 5.74) is 0.923. The highest BCUT2D eigenvalue weighted by Gasteiger charge is 2.22. The van der Waals surface area contributed by atoms with Crippen molar-refractivity contribution in [1.29, 1.82) is 0 Å². The van der Waals surface area contributed by atoms with Crippen LogP contribution in [0.15, 0.2) is 6.07 Å². The maximum atomic E-state index is 12.0. The number of amides is 1. The van der Waals surface area contributed by atoms with Gasteiger partial charge in [0.1, 0.15) is 12.3 Å². The SMILES string of the molecule is CC[C@H](Cc1c(I)cc(I)c(O)c1I)C(=O)NCC(=O)O. The van der Waals surface area contributed by atoms with Gasteiger partial charge in [-0.15, -0.1) is 0 Å². The van der Waals surface area contributed by atoms with Gasteiger partial charge in [-0.3, -0.25) is 9.59 Å². The molecule has 21 heavy (non-hydrogen) atoms. The van der Waals surface area contributed by atoms with E-state index in [9.17, 15) is 14.7 Å². The number of hydrogen-bond acceptors (Lipinski definition) is 3. The van der Waals surface area contributed by atoms with Crippen LogP contribution in [0.2, 0.25) is 0 Å². The lowest BCUT2D eigenvalue weighted by Crippen LogP contribution is -2.35. The number of aromatic hydroxyl groups is 1. The number of nitrogens with one attached hydrogen (secondary N) is 1. The quantitative estimate of drug-likeness (QED) is 0.423. The van der Waals surface area contributed by atoms with Crippen molar-refractivity contribution >= 4 is 79.6 Å². The first-order valence-corrected chi connectivity index (χ1v) is 9.36. The van der Waals surface area contributed by atoms with E-state index in [1.807, 2.05) is 13.0 Å². The van der Waals surface area contributed by atoms with E-state index in [1.165, 1.54) is 0 Å². The second-order valence-electron chi connectivity index (χ2n) is 4.40. The molecular formula is C13H14I3NO4. The number of carboxylic acids is 1. The Balaban J connectivity index is 2.94. The molecule has 0 radical (unpaired) electrons. The van der Waals surface area contributed by atoms with Gasteiger partial charge in [-0.1, -0.05) is 6.92 Å². The molecule has 0 saturated carbocycles. The summed E-state index contributed by atoms with van der Waals surface area (Å²) in [4.78, 5) is 22.5. The summed E-state index contributed by atoms with van der Waals surface area (Å²) in [6, 6.07) is 1.87. The number of halogens is 3. The van der Waals surface area contributed by atoms with Gasteiger partial charge in [-0.2, -0.15) is 0 Å². The minimum atomic E-state index is -1.06. The van der Waals surface area contributed by atoms with Gasteiger partial charge in [0.05, 0.1) is 7.14 Å². The molecule has 0 spiro atoms. The second-order valence-corrected chi connectivity index (χ2v) is 7.81. The number of carbonyl (C=O) groups excluding carboxylic acids is 1. The molecule has 116 valence electrons. The zero-order chi connectivity index (χ0) is 16.2. The fraction of sp³-hybridized carbons (Fsp3) is 0.385. The van der Waals surface area contributed by atoms with Crippen LogP contribution in [0.25, 0.3) is 0 Å². The fourth-order valence-electron chi connectivity index (χ4n) is 1.78. The van der Waals surface area contributed by atoms with E-state index in [1.54, 1.807) is 0 Å². The van der Waals surface area contributed by atoms with Crippen molar-refractivity contribution in [2.45, 2.75) is 19.8 Å². The zero-order valence-corrected chi connectivity index (χ0v) is 17.6. The molecule has 0 aromatic heterocycles. The number of hydrogen-bond donors (Lipinski definition) is 3. The third-order valence-corrected chi connectivity index (χ3v) is 5.92. The van der Waals surface area contributed by atoms with Crippen molar-refractivity contribution in [2.75, 3.05) is 6.54 Å². The zero-order valence-electron chi connectivity index (χ0n) is 11.1. The molecule has 8 heteroatoms. The van der Waals surface area contributed by atoms with Crippen LogP contribution in [0, 0.1) is 16.6 Å². The molecule has 5 nitrogen and oxygen atoms in total. The van der Waals surface area contributed by atoms with Crippen molar-refractivity contribution < 1.29 is 19.8 Å². The van der Waals surface area contributed by atoms with Crippen LogP contribution in [0.1, 0.15) is 18.9 Å². The van der Waals surface area contributed by atoms with Crippen LogP contribution in [-0.2, 0) is 16.0 Å². The number of carboxylic acid groups (broad SMARTS) is 1. The standard InChI is InChI=1S/C13H14I3NO4/c1-2-6(13(21)17-5-10(18)19)3-7-8(14)4-9(15)12(20)11(7)16/h4,6,20H,2-3,5H2,1H3,(H,17,21)(H,18,19)/t6-/m1/s1. The number of phenols is 1. The summed E-state index contributed by atoms with van der Waals surface area (Å²) in [6.07, 6.45) is 1.08. The number of rotatable bonds is 6. The minimum absolute atomic E-state index is 0.229. The van der Waals surface area contributed by atoms with Gasteiger partial charge in [0.2, 0.25) is 5.91 Å². The summed E-state index contributed by atoms with van der Waals surface area (Å²) in [6.45, 7) is 1.51. The molecule has 0 unspecified atom stereocenters. The van der Waals surface area contributed by atoms with Gasteiger partial charge >= 0.3 is 5.97 Å². The Labute approximate surface area is 163 Å². The molecule has 0 aliphatic carbocycles. The number of phenolic OH excluding ortho intramolecular Hbond substituents is 1. The summed E-state index contributed by atoms with van der Waals surface area (Å²) >= 11 is 6.33. The lowest BCUT2D eigenvalue weighted by molar-refractivity contribution is -0.138. The van der Waals surface area contributed by atoms with E-state index in [2.05, 4.69) is 73.1 Å². The topological polar surface area (TPSA) is 86.6 Å². The molecule has 0 saturated heterocycles. The van der Waals surface area contributed by atoms with Crippen molar-refractivity contribution in [1.82, 2.24) is 5.32 Å². The Bertz CT molecular complexity index is 563. The van der Waals surface area contributed by atoms with Gasteiger partial charge in [-0.05, 0) is 92.2 Å². The molecule has 1 aromatic rings. The monoisotopic (exact) mass is 629 g/mol. The van der Waals surface area contributed by atoms with Crippen LogP contribution in [-0.4, -0.2) is 28.6 Å². The highest BCUT2D eigenvalue weighted by Crippen LogP contribution is 2.34. The highest BCUT2D eigenvalue weighted by atomic mass is 127. The largest absolute Gasteiger partial charge is 0.506 e. The van der Waals surface area contributed by atoms with E-state index < -0.39 is 5.97 Å². The maximum absolute atomic E-state index is 12.0. The fourth-order valence-corrected chi connectivity index (χ4v) is 5.59. The molecular weight excluding hydrogens is 615 g/mol. The van der Waals surface area contributed by atoms with Gasteiger partial charge in [-0.25, -0.2) is 0 Å². The van der Waals surface area contributed by atoms with E-state index in [0.29, 0.717) is 12.8 Å². The Hall–Kier alpha value is 0.150. The molecule has 1 atom stereocenters. The van der Waals surface area contributed by atoms with Gasteiger partial charge in [0.15, 0.2) is 0 Å². The first kappa shape index (κ1) is 19.2. The normalized spacial score (nSPS) is 12.0. The molecule has 1 rings (SSSR count). The average Bonchev–Trinajstić information content (AvgIpc) is 2.42. The predicted octanol–water partition coefficient (Wildman–Crippen LogP) is 2.98. The van der Waals surface area contributed by atoms with Crippen molar-refractivity contribution in [3.8, 4) is 5.75 Å². The van der Waals surface area contributed by atoms with Crippen LogP contribution in [0.4, 0.5) is 0 Å². The second kappa shape index (κ2) is 8.70. The van der Waals surface area contributed by atoms with E-state index in [0.717, 1.165) is 16.3 Å². The molecule has 0 bridgehead atoms. The third-order valence-electron chi connectivity index (χ3n) is 2.97. The number of carbonyl (C=O) groups is 2. The van der Waals surface area contributed by atoms with Gasteiger partial charge < -0.3 is 15.5 Å². The Morgan fingerprint density at radius 3 is 2.43 bits per heavy atom. The lowest BCUT2D eigenvalue weighted by Gasteiger charge is -2.17. The Morgan fingerprint density at radius 2 is 1.90 bits per heavy atom. The maximum Gasteiger partial charge on any atom is 0.322 e. The third kappa shape index (κ3) is 5.37. The van der Waals surface area contributed by atoms with Crippen LogP contribution in [0.5, 0.6) is 5.75 Å². The Kier molecular flexibility index (Phi) is 7.95. The molecule has 0 aliphatic rings. The molecule has 0 heterocycles. The molecule has 3 N–H and O–H groups in total. The molecule has 1 amide bonds. The van der Waals surface area contributed by atoms with Crippen LogP contribution in [0.3, 0.4) is 0 Å². The number of aliphatic carboxylic acids is 1. The van der Waals surface area contributed by atoms with Crippen molar-refractivity contribution in [2.24, 2.45) is 5.92 Å². The molecule has 1 aromatic carbocycles. The average molecular weight is 629 g/mol. The molecule has 0 fully saturated rings. The predicted molar refractivity (Wildman–Crippen MR) is 104 cm³/mol. The smallest absolute Gasteiger partial charge is 0.322 e. The number of benzene rings is 1. The summed E-state index contributed by atoms with van der Waals surface area (Å²) in [7, 11) is 0. The lowest BCUT2D eigenvalue weighted by atomic mass is 9.96. The van der Waals surface area contributed by atoms with E-state index >= 15 is 0 Å². The van der Waals surface area contributed by atoms with Gasteiger partial charge in [0, 0.05) is 9.49 Å². The van der Waals surface area contributed by atoms with E-state index in [-0.39, 0.29) is 24.1 Å². The Morgan fingerprint density at radius 1 is 1.29 bits per heavy atom. The first-order chi connectivity index (χ1) is 9.77. The van der Waals surface area contributed by atoms with Crippen LogP contribution < -0.4 is 5.32 Å². The summed E-state index contributed by atoms with van der Waals surface area (Å²) in [5.74, 6) is -1.42. The van der Waals surface area contributed by atoms with Crippen molar-refractivity contribution in [3.63, 3.8) is 0 Å². The van der Waals surface area contributed by atoms with Gasteiger partial charge in [0.25, 0.3) is 0 Å². The van der Waals surface area contributed by atoms with Crippen molar-refractivity contribution in [3.05, 3.63) is 22.3 Å². The highest BCUT2D eigenvalue weighted by molar-refractivity contribution is 14.1. The van der Waals surface area contributed by atoms with E-state index in [4.69, 9.17) is 5.11 Å². The summed E-state index contributed by atoms with van der Waals surface area (Å²) in [5, 5.41) is 21.0. The van der Waals surface area contributed by atoms with Crippen LogP contribution >= 0.6 is 67.8 Å². The minimum Gasteiger partial charge on any atom is -0.506 e.